The number of carbonyl (C=O) groups is 2. The van der Waals surface area contributed by atoms with Crippen molar-refractivity contribution in [1.29, 1.82) is 0 Å². The zero-order valence-corrected chi connectivity index (χ0v) is 14.9. The van der Waals surface area contributed by atoms with Crippen LogP contribution in [0.15, 0.2) is 24.3 Å². The lowest BCUT2D eigenvalue weighted by Gasteiger charge is -2.08. The largest absolute Gasteiger partial charge is 0.273 e. The van der Waals surface area contributed by atoms with Gasteiger partial charge in [-0.05, 0) is 30.0 Å². The molecule has 0 radical (unpaired) electrons. The number of hydrazine groups is 1. The van der Waals surface area contributed by atoms with Crippen molar-refractivity contribution in [2.75, 3.05) is 11.5 Å². The number of nitrogens with one attached hydrogen (secondary N) is 2. The van der Waals surface area contributed by atoms with Crippen LogP contribution < -0.4 is 10.9 Å². The van der Waals surface area contributed by atoms with Crippen molar-refractivity contribution in [3.63, 3.8) is 0 Å². The van der Waals surface area contributed by atoms with Crippen molar-refractivity contribution in [2.45, 2.75) is 12.8 Å². The molecule has 0 unspecified atom stereocenters. The zero-order chi connectivity index (χ0) is 17.7. The summed E-state index contributed by atoms with van der Waals surface area (Å²) in [6, 6.07) is 5.02. The molecule has 0 saturated carbocycles. The zero-order valence-electron chi connectivity index (χ0n) is 12.6. The molecular formula is C15H16Cl2N2O4S. The number of hydrogen-bond acceptors (Lipinski definition) is 4. The van der Waals surface area contributed by atoms with E-state index in [-0.39, 0.29) is 23.8 Å². The van der Waals surface area contributed by atoms with Gasteiger partial charge in [-0.15, -0.1) is 0 Å². The van der Waals surface area contributed by atoms with Gasteiger partial charge in [0.25, 0.3) is 5.91 Å². The van der Waals surface area contributed by atoms with E-state index in [0.717, 1.165) is 0 Å². The van der Waals surface area contributed by atoms with E-state index in [0.29, 0.717) is 22.0 Å². The van der Waals surface area contributed by atoms with Gasteiger partial charge in [0, 0.05) is 12.5 Å². The van der Waals surface area contributed by atoms with Gasteiger partial charge in [0.2, 0.25) is 5.91 Å². The van der Waals surface area contributed by atoms with Crippen molar-refractivity contribution >= 4 is 50.9 Å². The standard InChI is InChI=1S/C15H16Cl2N2O4S/c16-12-3-1-2-11(15(12)17)4-5-13(20)18-19-14(21)8-10-6-7-24(22,23)9-10/h1-5,10H,6-9H2,(H,18,20)(H,19,21)/b5-4+/t10-/m0/s1. The molecule has 1 heterocycles. The van der Waals surface area contributed by atoms with Gasteiger partial charge in [-0.3, -0.25) is 20.4 Å². The Kier molecular flexibility index (Phi) is 6.26. The highest BCUT2D eigenvalue weighted by Crippen LogP contribution is 2.26. The van der Waals surface area contributed by atoms with E-state index in [1.54, 1.807) is 18.2 Å². The fraction of sp³-hybridized carbons (Fsp3) is 0.333. The van der Waals surface area contributed by atoms with Crippen LogP contribution in [0, 0.1) is 5.92 Å². The number of carbonyl (C=O) groups excluding carboxylic acids is 2. The smallest absolute Gasteiger partial charge is 0.262 e. The molecule has 1 fully saturated rings. The third kappa shape index (κ3) is 5.51. The molecule has 130 valence electrons. The maximum atomic E-state index is 11.7. The van der Waals surface area contributed by atoms with Gasteiger partial charge < -0.3 is 0 Å². The predicted molar refractivity (Wildman–Crippen MR) is 93.2 cm³/mol. The molecule has 0 aromatic heterocycles. The minimum absolute atomic E-state index is 0.0154. The normalized spacial score (nSPS) is 19.3. The summed E-state index contributed by atoms with van der Waals surface area (Å²) in [6.07, 6.45) is 3.21. The van der Waals surface area contributed by atoms with Crippen LogP contribution in [-0.2, 0) is 19.4 Å². The molecule has 0 spiro atoms. The molecule has 0 aliphatic carbocycles. The summed E-state index contributed by atoms with van der Waals surface area (Å²) in [7, 11) is -3.02. The molecule has 0 bridgehead atoms. The molecule has 1 saturated heterocycles. The summed E-state index contributed by atoms with van der Waals surface area (Å²) < 4.78 is 22.7. The Morgan fingerprint density at radius 2 is 2.00 bits per heavy atom. The Labute approximate surface area is 150 Å². The van der Waals surface area contributed by atoms with E-state index >= 15 is 0 Å². The fourth-order valence-corrected chi connectivity index (χ4v) is 4.57. The lowest BCUT2D eigenvalue weighted by Crippen LogP contribution is -2.41. The molecule has 1 aromatic rings. The average Bonchev–Trinajstić information content (AvgIpc) is 2.85. The first-order valence-electron chi connectivity index (χ1n) is 7.18. The first kappa shape index (κ1) is 18.8. The summed E-state index contributed by atoms with van der Waals surface area (Å²) in [4.78, 5) is 23.4. The molecule has 6 nitrogen and oxygen atoms in total. The van der Waals surface area contributed by atoms with E-state index < -0.39 is 21.7 Å². The Morgan fingerprint density at radius 1 is 1.25 bits per heavy atom. The maximum Gasteiger partial charge on any atom is 0.262 e. The second kappa shape index (κ2) is 8.00. The van der Waals surface area contributed by atoms with Gasteiger partial charge in [0.05, 0.1) is 21.6 Å². The molecule has 24 heavy (non-hydrogen) atoms. The molecule has 2 amide bonds. The molecule has 2 rings (SSSR count). The Bertz CT molecular complexity index is 778. The second-order valence-electron chi connectivity index (χ2n) is 5.49. The van der Waals surface area contributed by atoms with Gasteiger partial charge in [0.15, 0.2) is 9.84 Å². The predicted octanol–water partition coefficient (Wildman–Crippen LogP) is 1.98. The number of sulfone groups is 1. The number of rotatable bonds is 4. The number of halogens is 2. The average molecular weight is 391 g/mol. The monoisotopic (exact) mass is 390 g/mol. The summed E-state index contributed by atoms with van der Waals surface area (Å²) >= 11 is 11.9. The van der Waals surface area contributed by atoms with Crippen LogP contribution in [0.1, 0.15) is 18.4 Å². The van der Waals surface area contributed by atoms with E-state index in [1.807, 2.05) is 0 Å². The van der Waals surface area contributed by atoms with Crippen molar-refractivity contribution < 1.29 is 18.0 Å². The van der Waals surface area contributed by atoms with Crippen LogP contribution in [0.2, 0.25) is 10.0 Å². The minimum Gasteiger partial charge on any atom is -0.273 e. The Morgan fingerprint density at radius 3 is 2.67 bits per heavy atom. The SMILES string of the molecule is O=C(/C=C/c1cccc(Cl)c1Cl)NNC(=O)C[C@@H]1CCS(=O)(=O)C1. The lowest BCUT2D eigenvalue weighted by atomic mass is 10.1. The lowest BCUT2D eigenvalue weighted by molar-refractivity contribution is -0.127. The highest BCUT2D eigenvalue weighted by Gasteiger charge is 2.29. The van der Waals surface area contributed by atoms with Gasteiger partial charge in [-0.25, -0.2) is 8.42 Å². The minimum atomic E-state index is -3.02. The highest BCUT2D eigenvalue weighted by atomic mass is 35.5. The summed E-state index contributed by atoms with van der Waals surface area (Å²) in [5.41, 5.74) is 5.06. The van der Waals surface area contributed by atoms with Gasteiger partial charge in [-0.1, -0.05) is 35.3 Å². The van der Waals surface area contributed by atoms with Gasteiger partial charge in [0.1, 0.15) is 0 Å². The van der Waals surface area contributed by atoms with Crippen LogP contribution in [0.25, 0.3) is 6.08 Å². The van der Waals surface area contributed by atoms with Gasteiger partial charge >= 0.3 is 0 Å². The second-order valence-corrected chi connectivity index (χ2v) is 8.50. The first-order chi connectivity index (χ1) is 11.3. The van der Waals surface area contributed by atoms with E-state index in [2.05, 4.69) is 10.9 Å². The van der Waals surface area contributed by atoms with Crippen LogP contribution >= 0.6 is 23.2 Å². The van der Waals surface area contributed by atoms with Crippen molar-refractivity contribution in [1.82, 2.24) is 10.9 Å². The quantitative estimate of drug-likeness (QED) is 0.607. The Balaban J connectivity index is 1.79. The molecule has 1 aliphatic rings. The van der Waals surface area contributed by atoms with Crippen molar-refractivity contribution in [3.05, 3.63) is 39.9 Å². The van der Waals surface area contributed by atoms with Crippen molar-refractivity contribution in [2.24, 2.45) is 5.92 Å². The number of benzene rings is 1. The maximum absolute atomic E-state index is 11.7. The van der Waals surface area contributed by atoms with Crippen LogP contribution in [0.3, 0.4) is 0 Å². The van der Waals surface area contributed by atoms with Gasteiger partial charge in [-0.2, -0.15) is 0 Å². The third-order valence-corrected chi connectivity index (χ3v) is 6.19. The summed E-state index contributed by atoms with van der Waals surface area (Å²) in [5, 5.41) is 0.703. The number of hydrogen-bond donors (Lipinski definition) is 2. The van der Waals surface area contributed by atoms with E-state index in [4.69, 9.17) is 23.2 Å². The highest BCUT2D eigenvalue weighted by molar-refractivity contribution is 7.91. The van der Waals surface area contributed by atoms with Crippen LogP contribution in [-0.4, -0.2) is 31.7 Å². The topological polar surface area (TPSA) is 92.3 Å². The molecule has 1 aromatic carbocycles. The molecular weight excluding hydrogens is 375 g/mol. The summed E-state index contributed by atoms with van der Waals surface area (Å²) in [6.45, 7) is 0. The first-order valence-corrected chi connectivity index (χ1v) is 9.76. The van der Waals surface area contributed by atoms with Crippen LogP contribution in [0.4, 0.5) is 0 Å². The Hall–Kier alpha value is -1.57. The molecule has 1 atom stereocenters. The van der Waals surface area contributed by atoms with E-state index in [1.165, 1.54) is 12.2 Å². The fourth-order valence-electron chi connectivity index (χ4n) is 2.33. The van der Waals surface area contributed by atoms with E-state index in [9.17, 15) is 18.0 Å². The molecule has 9 heteroatoms. The van der Waals surface area contributed by atoms with Crippen LogP contribution in [0.5, 0.6) is 0 Å². The third-order valence-electron chi connectivity index (χ3n) is 3.52. The molecule has 1 aliphatic heterocycles. The van der Waals surface area contributed by atoms with Crippen molar-refractivity contribution in [3.8, 4) is 0 Å². The summed E-state index contributed by atoms with van der Waals surface area (Å²) in [5.74, 6) is -1.05. The molecule has 2 N–H and O–H groups in total. The number of amides is 2.